The molecule has 94 heavy (non-hydrogen) atoms. The van der Waals surface area contributed by atoms with Crippen molar-refractivity contribution in [1.82, 2.24) is 55.9 Å². The quantitative estimate of drug-likeness (QED) is 0.0446. The van der Waals surface area contributed by atoms with Crippen LogP contribution < -0.4 is 30.6 Å². The Morgan fingerprint density at radius 2 is 0.777 bits per heavy atom. The lowest BCUT2D eigenvalue weighted by Gasteiger charge is -2.26. The van der Waals surface area contributed by atoms with Crippen molar-refractivity contribution in [2.45, 2.75) is 77.4 Å². The number of H-pyrrole nitrogens is 3. The van der Waals surface area contributed by atoms with Gasteiger partial charge in [-0.15, -0.1) is 0 Å². The third-order valence-corrected chi connectivity index (χ3v) is 16.6. The summed E-state index contributed by atoms with van der Waals surface area (Å²) in [5.41, 5.74) is 16.1. The number of nitrogens with two attached hydrogens (primary N) is 1. The monoisotopic (exact) mass is 1270 g/mol. The molecule has 0 saturated carbocycles. The number of carboxylic acid groups (broad SMARTS) is 1. The Kier molecular flexibility index (Phi) is 23.3. The smallest absolute Gasteiger partial charge is 0.335 e. The Balaban J connectivity index is 0.000000163. The second-order valence-electron chi connectivity index (χ2n) is 22.5. The van der Waals surface area contributed by atoms with Gasteiger partial charge in [0, 0.05) is 113 Å². The summed E-state index contributed by atoms with van der Waals surface area (Å²) in [6.07, 6.45) is 15.7. The highest BCUT2D eigenvalue weighted by molar-refractivity contribution is 5.99. The Morgan fingerprint density at radius 3 is 1.05 bits per heavy atom. The third-order valence-electron chi connectivity index (χ3n) is 16.6. The fraction of sp³-hybridized carbons (Fsp3) is 0.292. The van der Waals surface area contributed by atoms with Gasteiger partial charge in [-0.3, -0.25) is 39.3 Å². The first-order valence-electron chi connectivity index (χ1n) is 31.5. The molecule has 5 amide bonds. The van der Waals surface area contributed by atoms with Gasteiger partial charge in [0.2, 0.25) is 0 Å². The van der Waals surface area contributed by atoms with Gasteiger partial charge >= 0.3 is 5.97 Å². The minimum absolute atomic E-state index is 0.0389. The summed E-state index contributed by atoms with van der Waals surface area (Å²) >= 11 is 0. The number of carboxylic acids is 1. The molecule has 8 N–H and O–H groups in total. The number of ether oxygens (including phenoxy) is 3. The summed E-state index contributed by atoms with van der Waals surface area (Å²) in [4.78, 5) is 81.4. The van der Waals surface area contributed by atoms with Gasteiger partial charge in [-0.05, 0) is 167 Å². The van der Waals surface area contributed by atoms with Gasteiger partial charge in [0.05, 0.1) is 63.6 Å². The molecular formula is C72H80N12O10. The first-order valence-corrected chi connectivity index (χ1v) is 31.5. The van der Waals surface area contributed by atoms with E-state index < -0.39 is 5.97 Å². The number of amides is 5. The number of hydrogen-bond donors (Lipinski definition) is 7. The first kappa shape index (κ1) is 67.5. The average Bonchev–Trinajstić information content (AvgIpc) is 1.56. The van der Waals surface area contributed by atoms with E-state index in [-0.39, 0.29) is 53.2 Å². The summed E-state index contributed by atoms with van der Waals surface area (Å²) in [5.74, 6) is 0.515. The van der Waals surface area contributed by atoms with E-state index in [0.29, 0.717) is 77.8 Å². The van der Waals surface area contributed by atoms with Crippen LogP contribution in [0.1, 0.15) is 156 Å². The van der Waals surface area contributed by atoms with Crippen LogP contribution in [0, 0.1) is 0 Å². The lowest BCUT2D eigenvalue weighted by molar-refractivity contribution is 0.0693. The highest BCUT2D eigenvalue weighted by atomic mass is 16.5. The van der Waals surface area contributed by atoms with E-state index in [1.165, 1.54) is 0 Å². The number of nitrogens with one attached hydrogen (secondary N) is 5. The SMILES string of the molecule is CCN.CCNC(=O)c1cccc([C@H]2CCCN2C(=O)c2ccc(-c3cn[nH]c3)c(OC)c2)c1.CCNC(=O)c1cccc([C@H]2CCCN2C(=O)c2ccc(-c3cn[nH]c3)c(OC)c2)c1.COc1cc(C(=O)N2CCC[C@@H]2c2cccc(C(=O)O)c2)ccc1-c1cn[nH]c1. The largest absolute Gasteiger partial charge is 0.496 e. The zero-order chi connectivity index (χ0) is 66.7. The Bertz CT molecular complexity index is 3870. The molecule has 0 unspecified atom stereocenters. The molecule has 6 heterocycles. The van der Waals surface area contributed by atoms with Crippen LogP contribution >= 0.6 is 0 Å². The molecule has 22 nitrogen and oxygen atoms in total. The van der Waals surface area contributed by atoms with E-state index in [1.54, 1.807) is 113 Å². The maximum Gasteiger partial charge on any atom is 0.335 e. The minimum Gasteiger partial charge on any atom is -0.496 e. The number of aromatic amines is 3. The maximum absolute atomic E-state index is 13.4. The molecule has 22 heteroatoms. The average molecular weight is 1270 g/mol. The van der Waals surface area contributed by atoms with Crippen LogP contribution in [0.3, 0.4) is 0 Å². The molecule has 3 fully saturated rings. The topological polar surface area (TPSA) is 296 Å². The molecule has 488 valence electrons. The summed E-state index contributed by atoms with van der Waals surface area (Å²) in [6.45, 7) is 9.59. The number of nitrogens with zero attached hydrogens (tertiary/aromatic N) is 6. The number of methoxy groups -OCH3 is 3. The van der Waals surface area contributed by atoms with Crippen LogP contribution in [0.4, 0.5) is 0 Å². The van der Waals surface area contributed by atoms with Gasteiger partial charge in [0.25, 0.3) is 29.5 Å². The molecular weight excluding hydrogens is 1190 g/mol. The van der Waals surface area contributed by atoms with Crippen molar-refractivity contribution in [3.05, 3.63) is 215 Å². The number of benzene rings is 6. The summed E-state index contributed by atoms with van der Waals surface area (Å²) in [5, 5.41) is 35.2. The van der Waals surface area contributed by atoms with Crippen LogP contribution in [0.15, 0.2) is 165 Å². The zero-order valence-electron chi connectivity index (χ0n) is 53.7. The minimum atomic E-state index is -0.970. The molecule has 0 radical (unpaired) electrons. The highest BCUT2D eigenvalue weighted by Crippen LogP contribution is 2.40. The molecule has 0 spiro atoms. The number of hydrogen-bond acceptors (Lipinski definition) is 13. The number of rotatable bonds is 17. The van der Waals surface area contributed by atoms with Crippen molar-refractivity contribution in [2.24, 2.45) is 5.73 Å². The van der Waals surface area contributed by atoms with Gasteiger partial charge in [0.1, 0.15) is 17.2 Å². The van der Waals surface area contributed by atoms with Crippen LogP contribution in [-0.4, -0.2) is 147 Å². The Hall–Kier alpha value is -10.9. The van der Waals surface area contributed by atoms with Crippen molar-refractivity contribution < 1.29 is 48.1 Å². The van der Waals surface area contributed by atoms with E-state index in [4.69, 9.17) is 19.9 Å². The van der Waals surface area contributed by atoms with Gasteiger partial charge < -0.3 is 50.4 Å². The van der Waals surface area contributed by atoms with E-state index in [2.05, 4.69) is 41.2 Å². The number of aromatic carboxylic acids is 1. The molecule has 12 rings (SSSR count). The van der Waals surface area contributed by atoms with Gasteiger partial charge in [-0.2, -0.15) is 15.3 Å². The molecule has 3 aromatic heterocycles. The maximum atomic E-state index is 13.4. The third kappa shape index (κ3) is 15.9. The fourth-order valence-electron chi connectivity index (χ4n) is 12.1. The zero-order valence-corrected chi connectivity index (χ0v) is 53.7. The number of likely N-dealkylation sites (tertiary alicyclic amines) is 3. The van der Waals surface area contributed by atoms with Crippen LogP contribution in [0.2, 0.25) is 0 Å². The number of carbonyl (C=O) groups is 6. The second kappa shape index (κ2) is 32.4. The summed E-state index contributed by atoms with van der Waals surface area (Å²) in [6, 6.07) is 38.1. The lowest BCUT2D eigenvalue weighted by atomic mass is 10.0. The lowest BCUT2D eigenvalue weighted by Crippen LogP contribution is -2.31. The Morgan fingerprint density at radius 1 is 0.468 bits per heavy atom. The van der Waals surface area contributed by atoms with Crippen molar-refractivity contribution in [3.8, 4) is 50.6 Å². The second-order valence-corrected chi connectivity index (χ2v) is 22.5. The summed E-state index contributed by atoms with van der Waals surface area (Å²) < 4.78 is 16.6. The van der Waals surface area contributed by atoms with Crippen molar-refractivity contribution in [2.75, 3.05) is 60.6 Å². The molecule has 3 aliphatic heterocycles. The molecule has 0 bridgehead atoms. The highest BCUT2D eigenvalue weighted by Gasteiger charge is 2.35. The molecule has 9 aromatic rings. The van der Waals surface area contributed by atoms with E-state index in [0.717, 1.165) is 95.1 Å². The first-order chi connectivity index (χ1) is 45.7. The van der Waals surface area contributed by atoms with E-state index in [1.807, 2.05) is 108 Å². The Labute approximate surface area is 546 Å². The van der Waals surface area contributed by atoms with E-state index >= 15 is 0 Å². The molecule has 0 aliphatic carbocycles. The number of aromatic nitrogens is 6. The standard InChI is InChI=1S/2C24H26N4O3.C22H21N3O4.C2H7N/c2*1-3-25-23(29)17-7-4-6-16(12-17)21-8-5-11-28(21)24(30)18-9-10-20(22(13-18)31-2)19-14-26-27-15-19;1-29-20-11-15(7-8-18(20)17-12-23-24-13-17)21(26)25-9-3-6-19(25)14-4-2-5-16(10-14)22(27)28;1-2-3/h2*4,6-7,9-10,12-15,21H,3,5,8,11H2,1-2H3,(H,25,29)(H,26,27);2,4-5,7-8,10-13,19H,3,6,9H2,1H3,(H,23,24)(H,27,28);2-3H2,1H3/t2*21-;19-;/m111./s1. The number of carbonyl (C=O) groups excluding carboxylic acids is 5. The normalized spacial score (nSPS) is 15.5. The van der Waals surface area contributed by atoms with E-state index in [9.17, 15) is 33.9 Å². The van der Waals surface area contributed by atoms with Gasteiger partial charge in [-0.25, -0.2) is 4.79 Å². The summed E-state index contributed by atoms with van der Waals surface area (Å²) in [7, 11) is 4.76. The van der Waals surface area contributed by atoms with Crippen LogP contribution in [0.5, 0.6) is 17.2 Å². The molecule has 3 saturated heterocycles. The van der Waals surface area contributed by atoms with Crippen LogP contribution in [0.25, 0.3) is 33.4 Å². The molecule has 3 atom stereocenters. The molecule has 3 aliphatic rings. The predicted molar refractivity (Wildman–Crippen MR) is 358 cm³/mol. The van der Waals surface area contributed by atoms with Crippen molar-refractivity contribution in [3.63, 3.8) is 0 Å². The van der Waals surface area contributed by atoms with Gasteiger partial charge in [0.15, 0.2) is 0 Å². The predicted octanol–water partition coefficient (Wildman–Crippen LogP) is 11.4. The van der Waals surface area contributed by atoms with Crippen LogP contribution in [-0.2, 0) is 0 Å². The van der Waals surface area contributed by atoms with Crippen molar-refractivity contribution in [1.29, 1.82) is 0 Å². The molecule has 6 aromatic carbocycles. The van der Waals surface area contributed by atoms with Gasteiger partial charge in [-0.1, -0.05) is 43.3 Å². The fourth-order valence-corrected chi connectivity index (χ4v) is 12.1. The van der Waals surface area contributed by atoms with Crippen molar-refractivity contribution >= 4 is 35.5 Å².